The zero-order valence-electron chi connectivity index (χ0n) is 11.2. The number of hydrogen-bond donors (Lipinski definition) is 1. The molecule has 0 fully saturated rings. The van der Waals surface area contributed by atoms with Crippen molar-refractivity contribution in [2.45, 2.75) is 18.4 Å². The number of benzene rings is 2. The Morgan fingerprint density at radius 1 is 1.38 bits per heavy atom. The third kappa shape index (κ3) is 2.08. The summed E-state index contributed by atoms with van der Waals surface area (Å²) in [6, 6.07) is 10.7. The fraction of sp³-hybridized carbons (Fsp3) is 0.250. The van der Waals surface area contributed by atoms with Gasteiger partial charge in [-0.15, -0.1) is 0 Å². The van der Waals surface area contributed by atoms with E-state index in [0.717, 1.165) is 11.1 Å². The second-order valence-electron chi connectivity index (χ2n) is 5.14. The van der Waals surface area contributed by atoms with Crippen LogP contribution in [0.1, 0.15) is 24.0 Å². The second kappa shape index (κ2) is 5.27. The van der Waals surface area contributed by atoms with Gasteiger partial charge in [0.2, 0.25) is 0 Å². The summed E-state index contributed by atoms with van der Waals surface area (Å²) in [6.45, 7) is 1.73. The lowest BCUT2D eigenvalue weighted by Crippen LogP contribution is -2.38. The zero-order chi connectivity index (χ0) is 15.2. The maximum atomic E-state index is 13.8. The first-order chi connectivity index (χ1) is 10.0. The van der Waals surface area contributed by atoms with Crippen LogP contribution in [0, 0.1) is 5.82 Å². The molecule has 0 saturated carbocycles. The van der Waals surface area contributed by atoms with Gasteiger partial charge in [-0.2, -0.15) is 0 Å². The van der Waals surface area contributed by atoms with Gasteiger partial charge in [0, 0.05) is 22.0 Å². The molecule has 21 heavy (non-hydrogen) atoms. The van der Waals surface area contributed by atoms with E-state index >= 15 is 0 Å². The minimum Gasteiger partial charge on any atom is -0.479 e. The molecule has 5 heteroatoms. The van der Waals surface area contributed by atoms with Gasteiger partial charge in [-0.25, -0.2) is 4.39 Å². The fourth-order valence-corrected chi connectivity index (χ4v) is 3.77. The van der Waals surface area contributed by atoms with Crippen molar-refractivity contribution in [3.63, 3.8) is 0 Å². The Morgan fingerprint density at radius 3 is 2.67 bits per heavy atom. The van der Waals surface area contributed by atoms with Crippen molar-refractivity contribution in [1.82, 2.24) is 0 Å². The van der Waals surface area contributed by atoms with Gasteiger partial charge in [-0.05, 0) is 21.5 Å². The van der Waals surface area contributed by atoms with Gasteiger partial charge in [0.05, 0.1) is 11.6 Å². The summed E-state index contributed by atoms with van der Waals surface area (Å²) in [6.07, 6.45) is 0. The first-order valence-corrected chi connectivity index (χ1v) is 7.71. The Morgan fingerprint density at radius 2 is 2.05 bits per heavy atom. The maximum Gasteiger partial charge on any atom is 0.164 e. The Labute approximate surface area is 135 Å². The summed E-state index contributed by atoms with van der Waals surface area (Å²) < 4.78 is 20.3. The normalized spacial score (nSPS) is 23.8. The third-order valence-electron chi connectivity index (χ3n) is 4.08. The maximum absolute atomic E-state index is 13.8. The minimum absolute atomic E-state index is 0.0333. The van der Waals surface area contributed by atoms with Gasteiger partial charge in [-0.3, -0.25) is 0 Å². The minimum atomic E-state index is -0.927. The Balaban J connectivity index is 2.19. The zero-order valence-corrected chi connectivity index (χ0v) is 13.6. The summed E-state index contributed by atoms with van der Waals surface area (Å²) >= 11 is 9.31. The SMILES string of the molecule is C[C@@H]1c2c(cc(F)c(Cl)c2Br)O[C@@]1(CO)c1ccccc1. The molecule has 2 atom stereocenters. The lowest BCUT2D eigenvalue weighted by molar-refractivity contribution is 0.00732. The molecule has 1 aliphatic heterocycles. The molecule has 0 bridgehead atoms. The van der Waals surface area contributed by atoms with Crippen LogP contribution in [-0.4, -0.2) is 11.7 Å². The van der Waals surface area contributed by atoms with Crippen LogP contribution >= 0.6 is 27.5 Å². The van der Waals surface area contributed by atoms with Crippen LogP contribution in [0.25, 0.3) is 0 Å². The van der Waals surface area contributed by atoms with Gasteiger partial charge in [-0.1, -0.05) is 48.9 Å². The average molecular weight is 372 g/mol. The molecule has 0 aliphatic carbocycles. The van der Waals surface area contributed by atoms with Crippen LogP contribution in [-0.2, 0) is 5.60 Å². The molecule has 0 amide bonds. The van der Waals surface area contributed by atoms with Crippen molar-refractivity contribution in [3.05, 3.63) is 62.8 Å². The second-order valence-corrected chi connectivity index (χ2v) is 6.31. The summed E-state index contributed by atoms with van der Waals surface area (Å²) in [7, 11) is 0. The van der Waals surface area contributed by atoms with Crippen molar-refractivity contribution in [1.29, 1.82) is 0 Å². The summed E-state index contributed by atoms with van der Waals surface area (Å²) in [5, 5.41) is 10.0. The van der Waals surface area contributed by atoms with Crippen LogP contribution in [0.5, 0.6) is 5.75 Å². The summed E-state index contributed by atoms with van der Waals surface area (Å²) in [5.41, 5.74) is 0.697. The van der Waals surface area contributed by atoms with Gasteiger partial charge in [0.25, 0.3) is 0 Å². The van der Waals surface area contributed by atoms with Gasteiger partial charge in [0.15, 0.2) is 5.60 Å². The average Bonchev–Trinajstić information content (AvgIpc) is 2.79. The molecule has 2 aromatic carbocycles. The topological polar surface area (TPSA) is 29.5 Å². The van der Waals surface area contributed by atoms with Crippen molar-refractivity contribution in [2.24, 2.45) is 0 Å². The van der Waals surface area contributed by atoms with Crippen LogP contribution in [0.4, 0.5) is 4.39 Å². The number of fused-ring (bicyclic) bond motifs is 1. The predicted octanol–water partition coefficient (Wildman–Crippen LogP) is 4.63. The van der Waals surface area contributed by atoms with E-state index in [9.17, 15) is 9.50 Å². The number of halogens is 3. The van der Waals surface area contributed by atoms with Crippen molar-refractivity contribution in [3.8, 4) is 5.75 Å². The van der Waals surface area contributed by atoms with E-state index in [1.54, 1.807) is 0 Å². The molecule has 0 unspecified atom stereocenters. The highest BCUT2D eigenvalue weighted by Gasteiger charge is 2.48. The molecule has 0 saturated heterocycles. The number of aliphatic hydroxyl groups excluding tert-OH is 1. The standard InChI is InChI=1S/C16H13BrClFO2/c1-9-13-12(7-11(19)15(18)14(13)17)21-16(9,8-20)10-5-3-2-4-6-10/h2-7,9,20H,8H2,1H3/t9-,16-/m1/s1. The molecule has 2 aromatic rings. The van der Waals surface area contributed by atoms with Crippen LogP contribution < -0.4 is 4.74 Å². The van der Waals surface area contributed by atoms with Gasteiger partial charge in [0.1, 0.15) is 11.6 Å². The molecule has 110 valence electrons. The molecular weight excluding hydrogens is 359 g/mol. The molecular formula is C16H13BrClFO2. The molecule has 2 nitrogen and oxygen atoms in total. The number of hydrogen-bond acceptors (Lipinski definition) is 2. The third-order valence-corrected chi connectivity index (χ3v) is 5.51. The lowest BCUT2D eigenvalue weighted by Gasteiger charge is -2.31. The van der Waals surface area contributed by atoms with E-state index in [1.807, 2.05) is 37.3 Å². The highest BCUT2D eigenvalue weighted by Crippen LogP contribution is 2.54. The van der Waals surface area contributed by atoms with Crippen LogP contribution in [0.15, 0.2) is 40.9 Å². The quantitative estimate of drug-likeness (QED) is 0.780. The smallest absolute Gasteiger partial charge is 0.164 e. The van der Waals surface area contributed by atoms with E-state index < -0.39 is 11.4 Å². The lowest BCUT2D eigenvalue weighted by atomic mass is 9.81. The molecule has 0 radical (unpaired) electrons. The molecule has 1 N–H and O–H groups in total. The highest BCUT2D eigenvalue weighted by atomic mass is 79.9. The largest absolute Gasteiger partial charge is 0.479 e. The number of ether oxygens (including phenoxy) is 1. The van der Waals surface area contributed by atoms with E-state index in [2.05, 4.69) is 15.9 Å². The van der Waals surface area contributed by atoms with E-state index in [-0.39, 0.29) is 17.5 Å². The van der Waals surface area contributed by atoms with Crippen molar-refractivity contribution in [2.75, 3.05) is 6.61 Å². The molecule has 0 aromatic heterocycles. The van der Waals surface area contributed by atoms with Crippen molar-refractivity contribution < 1.29 is 14.2 Å². The van der Waals surface area contributed by atoms with Crippen molar-refractivity contribution >= 4 is 27.5 Å². The number of rotatable bonds is 2. The number of aliphatic hydroxyl groups is 1. The molecule has 1 heterocycles. The monoisotopic (exact) mass is 370 g/mol. The van der Waals surface area contributed by atoms with Gasteiger partial charge >= 0.3 is 0 Å². The summed E-state index contributed by atoms with van der Waals surface area (Å²) in [5.74, 6) is -0.308. The fourth-order valence-electron chi connectivity index (χ4n) is 2.88. The van der Waals surface area contributed by atoms with E-state index in [0.29, 0.717) is 10.2 Å². The van der Waals surface area contributed by atoms with E-state index in [4.69, 9.17) is 16.3 Å². The van der Waals surface area contributed by atoms with Gasteiger partial charge < -0.3 is 9.84 Å². The Hall–Kier alpha value is -1.10. The molecule has 0 spiro atoms. The Bertz CT molecular complexity index is 692. The summed E-state index contributed by atoms with van der Waals surface area (Å²) in [4.78, 5) is 0. The first kappa shape index (κ1) is 14.8. The highest BCUT2D eigenvalue weighted by molar-refractivity contribution is 9.10. The van der Waals surface area contributed by atoms with Crippen LogP contribution in [0.3, 0.4) is 0 Å². The molecule has 1 aliphatic rings. The van der Waals surface area contributed by atoms with Crippen LogP contribution in [0.2, 0.25) is 5.02 Å². The van der Waals surface area contributed by atoms with E-state index in [1.165, 1.54) is 6.07 Å². The molecule has 3 rings (SSSR count). The first-order valence-electron chi connectivity index (χ1n) is 6.54. The predicted molar refractivity (Wildman–Crippen MR) is 83.4 cm³/mol. The Kier molecular flexibility index (Phi) is 3.72.